The van der Waals surface area contributed by atoms with Crippen molar-refractivity contribution in [2.45, 2.75) is 32.4 Å². The number of rotatable bonds is 4. The van der Waals surface area contributed by atoms with Crippen molar-refractivity contribution in [1.82, 2.24) is 9.88 Å². The van der Waals surface area contributed by atoms with Crippen molar-refractivity contribution in [1.29, 1.82) is 0 Å². The Morgan fingerprint density at radius 1 is 1.30 bits per heavy atom. The lowest BCUT2D eigenvalue weighted by molar-refractivity contribution is -0.140. The second-order valence-electron chi connectivity index (χ2n) is 6.88. The van der Waals surface area contributed by atoms with Crippen LogP contribution in [0.5, 0.6) is 0 Å². The lowest BCUT2D eigenvalue weighted by Gasteiger charge is -2.26. The number of para-hydroxylation sites is 1. The Morgan fingerprint density at radius 3 is 2.67 bits per heavy atom. The van der Waals surface area contributed by atoms with Crippen molar-refractivity contribution in [2.75, 3.05) is 18.6 Å². The summed E-state index contributed by atoms with van der Waals surface area (Å²) >= 11 is 0. The maximum Gasteiger partial charge on any atom is 0.339 e. The molecule has 0 aliphatic carbocycles. The van der Waals surface area contributed by atoms with E-state index in [2.05, 4.69) is 4.98 Å². The molecule has 27 heavy (non-hydrogen) atoms. The number of pyridine rings is 1. The number of sulfone groups is 1. The lowest BCUT2D eigenvalue weighted by Crippen LogP contribution is -2.44. The molecule has 8 heteroatoms. The molecule has 0 radical (unpaired) electrons. The van der Waals surface area contributed by atoms with Gasteiger partial charge in [-0.3, -0.25) is 9.78 Å². The Hall–Kier alpha value is -2.48. The van der Waals surface area contributed by atoms with E-state index in [1.807, 2.05) is 12.1 Å². The highest BCUT2D eigenvalue weighted by Crippen LogP contribution is 2.21. The van der Waals surface area contributed by atoms with Gasteiger partial charge in [-0.25, -0.2) is 13.2 Å². The number of amides is 1. The molecule has 2 aromatic rings. The number of aromatic nitrogens is 1. The van der Waals surface area contributed by atoms with Crippen molar-refractivity contribution in [3.8, 4) is 0 Å². The van der Waals surface area contributed by atoms with E-state index in [9.17, 15) is 18.0 Å². The van der Waals surface area contributed by atoms with Gasteiger partial charge in [-0.2, -0.15) is 0 Å². The van der Waals surface area contributed by atoms with Crippen LogP contribution in [0.1, 0.15) is 29.4 Å². The highest BCUT2D eigenvalue weighted by Gasteiger charge is 2.35. The fraction of sp³-hybridized carbons (Fsp3) is 0.421. The molecule has 0 saturated carbocycles. The molecule has 0 bridgehead atoms. The van der Waals surface area contributed by atoms with E-state index in [1.165, 1.54) is 11.8 Å². The normalized spacial score (nSPS) is 19.6. The Bertz CT molecular complexity index is 1000. The van der Waals surface area contributed by atoms with E-state index in [4.69, 9.17) is 4.74 Å². The number of carbonyl (C=O) groups excluding carboxylic acids is 2. The number of fused-ring (bicyclic) bond motifs is 1. The van der Waals surface area contributed by atoms with Gasteiger partial charge in [0, 0.05) is 24.2 Å². The highest BCUT2D eigenvalue weighted by molar-refractivity contribution is 7.91. The molecule has 0 unspecified atom stereocenters. The quantitative estimate of drug-likeness (QED) is 0.738. The summed E-state index contributed by atoms with van der Waals surface area (Å²) in [4.78, 5) is 31.0. The highest BCUT2D eigenvalue weighted by atomic mass is 32.2. The standard InChI is InChI=1S/C19H22N2O5S/c1-12-10-16(15-6-4-5-7-17(15)20-12)19(23)26-13(2)18(22)21(3)14-8-9-27(24,25)11-14/h4-7,10,13-14H,8-9,11H2,1-3H3/t13-,14+/m1/s1. The van der Waals surface area contributed by atoms with Gasteiger partial charge in [0.25, 0.3) is 5.91 Å². The van der Waals surface area contributed by atoms with Gasteiger partial charge in [0.2, 0.25) is 0 Å². The minimum absolute atomic E-state index is 0.0515. The minimum atomic E-state index is -3.10. The number of aryl methyl sites for hydroxylation is 1. The van der Waals surface area contributed by atoms with Crippen LogP contribution in [0.4, 0.5) is 0 Å². The Labute approximate surface area is 158 Å². The molecule has 1 fully saturated rings. The minimum Gasteiger partial charge on any atom is -0.449 e. The van der Waals surface area contributed by atoms with Crippen molar-refractivity contribution >= 4 is 32.6 Å². The second-order valence-corrected chi connectivity index (χ2v) is 9.11. The summed E-state index contributed by atoms with van der Waals surface area (Å²) in [5.74, 6) is -0.999. The molecule has 1 aromatic heterocycles. The molecule has 1 amide bonds. The van der Waals surface area contributed by atoms with Gasteiger partial charge < -0.3 is 9.64 Å². The number of nitrogens with zero attached hydrogens (tertiary/aromatic N) is 2. The zero-order valence-electron chi connectivity index (χ0n) is 15.5. The molecular formula is C19H22N2O5S. The number of likely N-dealkylation sites (N-methyl/N-ethyl adjacent to an activating group) is 1. The van der Waals surface area contributed by atoms with E-state index < -0.39 is 27.8 Å². The summed E-state index contributed by atoms with van der Waals surface area (Å²) < 4.78 is 28.6. The van der Waals surface area contributed by atoms with Crippen LogP contribution in [0.3, 0.4) is 0 Å². The van der Waals surface area contributed by atoms with Crippen LogP contribution in [-0.2, 0) is 19.4 Å². The number of esters is 1. The summed E-state index contributed by atoms with van der Waals surface area (Å²) in [5, 5.41) is 0.656. The lowest BCUT2D eigenvalue weighted by atomic mass is 10.1. The molecule has 0 N–H and O–H groups in total. The van der Waals surface area contributed by atoms with Crippen LogP contribution in [0.15, 0.2) is 30.3 Å². The molecule has 144 valence electrons. The summed E-state index contributed by atoms with van der Waals surface area (Å²) in [6.45, 7) is 3.28. The third-order valence-electron chi connectivity index (χ3n) is 4.80. The molecule has 1 saturated heterocycles. The third-order valence-corrected chi connectivity index (χ3v) is 6.55. The molecule has 3 rings (SSSR count). The SMILES string of the molecule is Cc1cc(C(=O)O[C@H](C)C(=O)N(C)[C@H]2CCS(=O)(=O)C2)c2ccccc2n1. The number of hydrogen-bond acceptors (Lipinski definition) is 6. The Kier molecular flexibility index (Phi) is 5.19. The van der Waals surface area contributed by atoms with Crippen LogP contribution in [0, 0.1) is 6.92 Å². The maximum atomic E-state index is 12.7. The van der Waals surface area contributed by atoms with Crippen molar-refractivity contribution in [2.24, 2.45) is 0 Å². The molecule has 1 aliphatic heterocycles. The number of benzene rings is 1. The second kappa shape index (κ2) is 7.26. The predicted octanol–water partition coefficient (Wildman–Crippen LogP) is 1.73. The molecule has 7 nitrogen and oxygen atoms in total. The van der Waals surface area contributed by atoms with Gasteiger partial charge >= 0.3 is 5.97 Å². The zero-order chi connectivity index (χ0) is 19.8. The van der Waals surface area contributed by atoms with Crippen LogP contribution in [0.25, 0.3) is 10.9 Å². The summed E-state index contributed by atoms with van der Waals surface area (Å²) in [5.41, 5.74) is 1.70. The fourth-order valence-electron chi connectivity index (χ4n) is 3.30. The van der Waals surface area contributed by atoms with Crippen LogP contribution in [-0.4, -0.2) is 60.9 Å². The van der Waals surface area contributed by atoms with Gasteiger partial charge in [-0.05, 0) is 32.4 Å². The summed E-state index contributed by atoms with van der Waals surface area (Å²) in [6, 6.07) is 8.48. The predicted molar refractivity (Wildman–Crippen MR) is 101 cm³/mol. The van der Waals surface area contributed by atoms with Crippen molar-refractivity contribution < 1.29 is 22.7 Å². The third kappa shape index (κ3) is 4.10. The zero-order valence-corrected chi connectivity index (χ0v) is 16.3. The first-order valence-electron chi connectivity index (χ1n) is 8.72. The van der Waals surface area contributed by atoms with Gasteiger partial charge in [0.15, 0.2) is 15.9 Å². The summed E-state index contributed by atoms with van der Waals surface area (Å²) in [7, 11) is -1.56. The van der Waals surface area contributed by atoms with E-state index in [-0.39, 0.29) is 17.5 Å². The van der Waals surface area contributed by atoms with Crippen molar-refractivity contribution in [3.63, 3.8) is 0 Å². The molecular weight excluding hydrogens is 368 g/mol. The number of hydrogen-bond donors (Lipinski definition) is 0. The fourth-order valence-corrected chi connectivity index (χ4v) is 5.07. The average Bonchev–Trinajstić information content (AvgIpc) is 2.99. The Morgan fingerprint density at radius 2 is 2.00 bits per heavy atom. The topological polar surface area (TPSA) is 93.6 Å². The first-order chi connectivity index (χ1) is 12.7. The van der Waals surface area contributed by atoms with Gasteiger partial charge in [0.1, 0.15) is 0 Å². The number of carbonyl (C=O) groups is 2. The van der Waals surface area contributed by atoms with E-state index in [0.717, 1.165) is 0 Å². The average molecular weight is 390 g/mol. The molecule has 0 spiro atoms. The molecule has 1 aromatic carbocycles. The largest absolute Gasteiger partial charge is 0.449 e. The van der Waals surface area contributed by atoms with E-state index >= 15 is 0 Å². The molecule has 1 aliphatic rings. The van der Waals surface area contributed by atoms with Gasteiger partial charge in [-0.15, -0.1) is 0 Å². The van der Waals surface area contributed by atoms with E-state index in [1.54, 1.807) is 32.2 Å². The van der Waals surface area contributed by atoms with Gasteiger partial charge in [-0.1, -0.05) is 18.2 Å². The maximum absolute atomic E-state index is 12.7. The molecule has 2 atom stereocenters. The van der Waals surface area contributed by atoms with Crippen LogP contribution >= 0.6 is 0 Å². The van der Waals surface area contributed by atoms with Gasteiger partial charge in [0.05, 0.1) is 22.6 Å². The van der Waals surface area contributed by atoms with Crippen LogP contribution in [0.2, 0.25) is 0 Å². The smallest absolute Gasteiger partial charge is 0.339 e. The Balaban J connectivity index is 1.75. The summed E-state index contributed by atoms with van der Waals surface area (Å²) in [6.07, 6.45) is -0.613. The van der Waals surface area contributed by atoms with Crippen LogP contribution < -0.4 is 0 Å². The number of ether oxygens (including phenoxy) is 1. The monoisotopic (exact) mass is 390 g/mol. The molecule has 2 heterocycles. The van der Waals surface area contributed by atoms with Crippen molar-refractivity contribution in [3.05, 3.63) is 41.6 Å². The van der Waals surface area contributed by atoms with E-state index in [0.29, 0.717) is 28.6 Å². The first-order valence-corrected chi connectivity index (χ1v) is 10.5. The first kappa shape index (κ1) is 19.3.